The van der Waals surface area contributed by atoms with Crippen LogP contribution in [0.3, 0.4) is 0 Å². The molecule has 0 aliphatic heterocycles. The van der Waals surface area contributed by atoms with Crippen LogP contribution in [0.2, 0.25) is 0 Å². The molecule has 0 fully saturated rings. The lowest BCUT2D eigenvalue weighted by Gasteiger charge is -2.21. The quantitative estimate of drug-likeness (QED) is 0.769. The number of rotatable bonds is 7. The Labute approximate surface area is 127 Å². The van der Waals surface area contributed by atoms with Crippen molar-refractivity contribution in [2.45, 2.75) is 18.7 Å². The van der Waals surface area contributed by atoms with Crippen LogP contribution < -0.4 is 4.72 Å². The summed E-state index contributed by atoms with van der Waals surface area (Å²) in [7, 11) is -2.33. The molecule has 9 heteroatoms. The first kappa shape index (κ1) is 17.6. The summed E-state index contributed by atoms with van der Waals surface area (Å²) in [4.78, 5) is 24.5. The van der Waals surface area contributed by atoms with Gasteiger partial charge in [-0.1, -0.05) is 13.8 Å². The number of thiophene rings is 1. The highest BCUT2D eigenvalue weighted by molar-refractivity contribution is 7.89. The lowest BCUT2D eigenvalue weighted by atomic mass is 10.2. The van der Waals surface area contributed by atoms with E-state index in [1.165, 1.54) is 23.4 Å². The molecule has 7 nitrogen and oxygen atoms in total. The Balaban J connectivity index is 3.02. The van der Waals surface area contributed by atoms with Gasteiger partial charge in [0.15, 0.2) is 0 Å². The minimum Gasteiger partial charge on any atom is -0.480 e. The number of hydrogen-bond donors (Lipinski definition) is 2. The maximum Gasteiger partial charge on any atom is 0.323 e. The monoisotopic (exact) mass is 334 g/mol. The summed E-state index contributed by atoms with van der Waals surface area (Å²) in [5, 5.41) is 10.2. The van der Waals surface area contributed by atoms with Gasteiger partial charge in [0.05, 0.1) is 9.77 Å². The molecular weight excluding hydrogens is 316 g/mol. The zero-order valence-electron chi connectivity index (χ0n) is 12.0. The van der Waals surface area contributed by atoms with Crippen molar-refractivity contribution in [1.82, 2.24) is 9.62 Å². The van der Waals surface area contributed by atoms with E-state index < -0.39 is 28.4 Å². The molecule has 0 saturated carbocycles. The topological polar surface area (TPSA) is 104 Å². The molecule has 0 saturated heterocycles. The van der Waals surface area contributed by atoms with Crippen molar-refractivity contribution in [3.8, 4) is 0 Å². The fourth-order valence-electron chi connectivity index (χ4n) is 1.67. The molecule has 0 aliphatic carbocycles. The predicted molar refractivity (Wildman–Crippen MR) is 78.9 cm³/mol. The van der Waals surface area contributed by atoms with Crippen LogP contribution in [0.15, 0.2) is 16.3 Å². The van der Waals surface area contributed by atoms with E-state index in [1.54, 1.807) is 0 Å². The Morgan fingerprint density at radius 2 is 2.05 bits per heavy atom. The Hall–Kier alpha value is -1.45. The molecule has 2 N–H and O–H groups in total. The largest absolute Gasteiger partial charge is 0.480 e. The molecule has 1 heterocycles. The SMILES string of the molecule is CNS(=O)(=O)c1csc(C(=O)N(CC(=O)O)CC(C)C)c1. The van der Waals surface area contributed by atoms with E-state index in [2.05, 4.69) is 4.72 Å². The molecule has 1 aromatic heterocycles. The molecule has 0 spiro atoms. The number of hydrogen-bond acceptors (Lipinski definition) is 5. The zero-order valence-corrected chi connectivity index (χ0v) is 13.6. The Morgan fingerprint density at radius 3 is 2.52 bits per heavy atom. The normalized spacial score (nSPS) is 11.6. The van der Waals surface area contributed by atoms with Crippen molar-refractivity contribution in [3.63, 3.8) is 0 Å². The van der Waals surface area contributed by atoms with Crippen LogP contribution >= 0.6 is 11.3 Å². The number of sulfonamides is 1. The molecule has 21 heavy (non-hydrogen) atoms. The molecule has 0 atom stereocenters. The average Bonchev–Trinajstić information content (AvgIpc) is 2.86. The molecule has 0 aromatic carbocycles. The highest BCUT2D eigenvalue weighted by Crippen LogP contribution is 2.21. The van der Waals surface area contributed by atoms with Gasteiger partial charge in [0.25, 0.3) is 5.91 Å². The smallest absolute Gasteiger partial charge is 0.323 e. The number of amides is 1. The van der Waals surface area contributed by atoms with Gasteiger partial charge in [-0.15, -0.1) is 11.3 Å². The second-order valence-electron chi connectivity index (χ2n) is 4.83. The highest BCUT2D eigenvalue weighted by Gasteiger charge is 2.23. The fraction of sp³-hybridized carbons (Fsp3) is 0.500. The second-order valence-corrected chi connectivity index (χ2v) is 7.63. The van der Waals surface area contributed by atoms with E-state index in [4.69, 9.17) is 5.11 Å². The van der Waals surface area contributed by atoms with Crippen molar-refractivity contribution < 1.29 is 23.1 Å². The van der Waals surface area contributed by atoms with Gasteiger partial charge in [-0.25, -0.2) is 13.1 Å². The number of carbonyl (C=O) groups is 2. The second kappa shape index (κ2) is 7.01. The van der Waals surface area contributed by atoms with Gasteiger partial charge < -0.3 is 10.0 Å². The third-order valence-corrected chi connectivity index (χ3v) is 5.03. The summed E-state index contributed by atoms with van der Waals surface area (Å²) < 4.78 is 25.4. The summed E-state index contributed by atoms with van der Waals surface area (Å²) in [6.07, 6.45) is 0. The summed E-state index contributed by atoms with van der Waals surface area (Å²) in [6, 6.07) is 1.26. The predicted octanol–water partition coefficient (Wildman–Crippen LogP) is 0.839. The standard InChI is InChI=1S/C12H18N2O5S2/c1-8(2)5-14(6-11(15)16)12(17)10-4-9(7-20-10)21(18,19)13-3/h4,7-8,13H,5-6H2,1-3H3,(H,15,16). The van der Waals surface area contributed by atoms with Crippen molar-refractivity contribution in [3.05, 3.63) is 16.3 Å². The van der Waals surface area contributed by atoms with Crippen LogP contribution in [0.25, 0.3) is 0 Å². The van der Waals surface area contributed by atoms with E-state index >= 15 is 0 Å². The van der Waals surface area contributed by atoms with Gasteiger partial charge in [0.2, 0.25) is 10.0 Å². The molecule has 0 unspecified atom stereocenters. The highest BCUT2D eigenvalue weighted by atomic mass is 32.2. The Bertz CT molecular complexity index is 621. The summed E-state index contributed by atoms with van der Waals surface area (Å²) in [6.45, 7) is 3.61. The molecule has 0 radical (unpaired) electrons. The molecule has 118 valence electrons. The van der Waals surface area contributed by atoms with E-state index in [0.29, 0.717) is 0 Å². The van der Waals surface area contributed by atoms with E-state index in [0.717, 1.165) is 11.3 Å². The van der Waals surface area contributed by atoms with E-state index in [1.807, 2.05) is 13.8 Å². The molecular formula is C12H18N2O5S2. The van der Waals surface area contributed by atoms with Crippen LogP contribution in [0, 0.1) is 5.92 Å². The van der Waals surface area contributed by atoms with E-state index in [-0.39, 0.29) is 22.2 Å². The number of carbonyl (C=O) groups excluding carboxylic acids is 1. The lowest BCUT2D eigenvalue weighted by molar-refractivity contribution is -0.137. The van der Waals surface area contributed by atoms with Gasteiger partial charge in [0, 0.05) is 11.9 Å². The van der Waals surface area contributed by atoms with Crippen LogP contribution in [0.4, 0.5) is 0 Å². The first-order valence-corrected chi connectivity index (χ1v) is 8.56. The van der Waals surface area contributed by atoms with Gasteiger partial charge in [-0.3, -0.25) is 9.59 Å². The van der Waals surface area contributed by atoms with Crippen LogP contribution in [0.5, 0.6) is 0 Å². The fourth-order valence-corrected chi connectivity index (χ4v) is 3.64. The zero-order chi connectivity index (χ0) is 16.2. The summed E-state index contributed by atoms with van der Waals surface area (Å²) in [5.41, 5.74) is 0. The minimum absolute atomic E-state index is 0.00169. The van der Waals surface area contributed by atoms with Crippen molar-refractivity contribution in [2.75, 3.05) is 20.1 Å². The third-order valence-electron chi connectivity index (χ3n) is 2.56. The number of carboxylic acid groups (broad SMARTS) is 1. The van der Waals surface area contributed by atoms with Crippen molar-refractivity contribution >= 4 is 33.2 Å². The van der Waals surface area contributed by atoms with Crippen molar-refractivity contribution in [1.29, 1.82) is 0 Å². The number of nitrogens with one attached hydrogen (secondary N) is 1. The van der Waals surface area contributed by atoms with Crippen LogP contribution in [-0.2, 0) is 14.8 Å². The maximum absolute atomic E-state index is 12.3. The van der Waals surface area contributed by atoms with Gasteiger partial charge in [0.1, 0.15) is 6.54 Å². The van der Waals surface area contributed by atoms with Gasteiger partial charge in [-0.05, 0) is 19.0 Å². The molecule has 1 aromatic rings. The Kier molecular flexibility index (Phi) is 5.87. The van der Waals surface area contributed by atoms with Crippen molar-refractivity contribution in [2.24, 2.45) is 5.92 Å². The maximum atomic E-state index is 12.3. The Morgan fingerprint density at radius 1 is 1.43 bits per heavy atom. The van der Waals surface area contributed by atoms with Crippen LogP contribution in [-0.4, -0.2) is 50.4 Å². The third kappa shape index (κ3) is 4.80. The molecule has 0 aliphatic rings. The van der Waals surface area contributed by atoms with Crippen LogP contribution in [0.1, 0.15) is 23.5 Å². The van der Waals surface area contributed by atoms with Gasteiger partial charge in [-0.2, -0.15) is 0 Å². The van der Waals surface area contributed by atoms with E-state index in [9.17, 15) is 18.0 Å². The molecule has 1 amide bonds. The first-order chi connectivity index (χ1) is 9.67. The summed E-state index contributed by atoms with van der Waals surface area (Å²) >= 11 is 0.979. The lowest BCUT2D eigenvalue weighted by Crippen LogP contribution is -2.37. The number of nitrogens with zero attached hydrogens (tertiary/aromatic N) is 1. The van der Waals surface area contributed by atoms with Gasteiger partial charge >= 0.3 is 5.97 Å². The number of aliphatic carboxylic acids is 1. The average molecular weight is 334 g/mol. The first-order valence-electron chi connectivity index (χ1n) is 6.20. The summed E-state index contributed by atoms with van der Waals surface area (Å²) in [5.74, 6) is -1.48. The number of carboxylic acids is 1. The minimum atomic E-state index is -3.61. The molecule has 0 bridgehead atoms. The molecule has 1 rings (SSSR count).